The fourth-order valence-electron chi connectivity index (χ4n) is 5.06. The number of fused-ring (bicyclic) bond motifs is 3. The molecular formula is C27H32ClN3O3S. The zero-order valence-electron chi connectivity index (χ0n) is 20.1. The van der Waals surface area contributed by atoms with Crippen LogP contribution in [0.15, 0.2) is 42.5 Å². The molecule has 3 heterocycles. The van der Waals surface area contributed by atoms with Gasteiger partial charge in [0.25, 0.3) is 0 Å². The molecule has 0 bridgehead atoms. The van der Waals surface area contributed by atoms with E-state index in [1.54, 1.807) is 0 Å². The number of aromatic nitrogens is 1. The molecule has 2 aromatic carbocycles. The molecule has 1 unspecified atom stereocenters. The molecule has 0 radical (unpaired) electrons. The molecule has 186 valence electrons. The first-order valence-electron chi connectivity index (χ1n) is 12.4. The number of nitrogens with zero attached hydrogens (tertiary/aromatic N) is 2. The van der Waals surface area contributed by atoms with Gasteiger partial charge < -0.3 is 19.4 Å². The minimum absolute atomic E-state index is 0.255. The number of nitrogens with one attached hydrogen (secondary N) is 1. The van der Waals surface area contributed by atoms with Crippen molar-refractivity contribution in [3.8, 4) is 5.75 Å². The van der Waals surface area contributed by atoms with Gasteiger partial charge in [-0.05, 0) is 61.2 Å². The van der Waals surface area contributed by atoms with Gasteiger partial charge in [-0.1, -0.05) is 23.7 Å². The number of carbonyl (C=O) groups is 1. The second-order valence-electron chi connectivity index (χ2n) is 8.98. The lowest BCUT2D eigenvalue weighted by molar-refractivity contribution is 0.0932. The second kappa shape index (κ2) is 11.1. The first-order valence-corrected chi connectivity index (χ1v) is 13.9. The van der Waals surface area contributed by atoms with Gasteiger partial charge in [-0.3, -0.25) is 4.90 Å². The van der Waals surface area contributed by atoms with Crippen molar-refractivity contribution in [3.63, 3.8) is 0 Å². The van der Waals surface area contributed by atoms with E-state index >= 15 is 0 Å². The molecule has 0 aliphatic carbocycles. The number of hydrogen-bond donors (Lipinski definition) is 1. The molecule has 8 heteroatoms. The van der Waals surface area contributed by atoms with Crippen LogP contribution in [-0.2, 0) is 11.2 Å². The average molecular weight is 514 g/mol. The van der Waals surface area contributed by atoms with Crippen molar-refractivity contribution in [2.75, 3.05) is 50.9 Å². The Balaban J connectivity index is 1.34. The number of ether oxygens (including phenoxy) is 2. The largest absolute Gasteiger partial charge is 0.494 e. The van der Waals surface area contributed by atoms with Crippen LogP contribution in [0.2, 0.25) is 5.02 Å². The van der Waals surface area contributed by atoms with Gasteiger partial charge in [0.15, 0.2) is 0 Å². The summed E-state index contributed by atoms with van der Waals surface area (Å²) in [7, 11) is 0. The van der Waals surface area contributed by atoms with E-state index in [-0.39, 0.29) is 12.1 Å². The highest BCUT2D eigenvalue weighted by molar-refractivity contribution is 7.99. The third kappa shape index (κ3) is 5.42. The van der Waals surface area contributed by atoms with E-state index in [1.165, 1.54) is 30.2 Å². The summed E-state index contributed by atoms with van der Waals surface area (Å²) in [5.41, 5.74) is 4.29. The number of amides is 1. The quantitative estimate of drug-likeness (QED) is 0.408. The molecule has 1 N–H and O–H groups in total. The molecule has 0 spiro atoms. The van der Waals surface area contributed by atoms with Crippen LogP contribution in [0.1, 0.15) is 36.2 Å². The monoisotopic (exact) mass is 513 g/mol. The summed E-state index contributed by atoms with van der Waals surface area (Å²) in [6.07, 6.45) is 1.48. The number of rotatable bonds is 7. The van der Waals surface area contributed by atoms with Crippen molar-refractivity contribution < 1.29 is 14.3 Å². The summed E-state index contributed by atoms with van der Waals surface area (Å²) in [6, 6.07) is 13.8. The van der Waals surface area contributed by atoms with Gasteiger partial charge >= 0.3 is 6.09 Å². The van der Waals surface area contributed by atoms with Crippen molar-refractivity contribution in [2.45, 2.75) is 25.8 Å². The minimum Gasteiger partial charge on any atom is -0.494 e. The van der Waals surface area contributed by atoms with E-state index < -0.39 is 0 Å². The van der Waals surface area contributed by atoms with E-state index in [4.69, 9.17) is 21.1 Å². The topological polar surface area (TPSA) is 57.8 Å². The lowest BCUT2D eigenvalue weighted by Crippen LogP contribution is -2.40. The highest BCUT2D eigenvalue weighted by Gasteiger charge is 2.35. The Bertz CT molecular complexity index is 1160. The molecule has 1 fully saturated rings. The minimum atomic E-state index is -0.295. The first kappa shape index (κ1) is 24.3. The van der Waals surface area contributed by atoms with Crippen LogP contribution < -0.4 is 4.74 Å². The molecule has 5 rings (SSSR count). The number of halogens is 1. The van der Waals surface area contributed by atoms with Gasteiger partial charge in [-0.15, -0.1) is 0 Å². The Labute approximate surface area is 215 Å². The van der Waals surface area contributed by atoms with Gasteiger partial charge in [0.1, 0.15) is 11.8 Å². The van der Waals surface area contributed by atoms with Crippen LogP contribution in [0.3, 0.4) is 0 Å². The fourth-order valence-corrected chi connectivity index (χ4v) is 6.21. The molecule has 6 nitrogen and oxygen atoms in total. The molecule has 0 saturated carbocycles. The van der Waals surface area contributed by atoms with Gasteiger partial charge in [-0.25, -0.2) is 4.79 Å². The normalized spacial score (nSPS) is 18.5. The van der Waals surface area contributed by atoms with Crippen LogP contribution in [0, 0.1) is 0 Å². The Morgan fingerprint density at radius 3 is 2.71 bits per heavy atom. The molecule has 2 aliphatic rings. The predicted octanol–water partition coefficient (Wildman–Crippen LogP) is 5.74. The predicted molar refractivity (Wildman–Crippen MR) is 143 cm³/mol. The van der Waals surface area contributed by atoms with Crippen molar-refractivity contribution >= 4 is 40.4 Å². The lowest BCUT2D eigenvalue weighted by atomic mass is 9.92. The van der Waals surface area contributed by atoms with Crippen LogP contribution in [-0.4, -0.2) is 71.8 Å². The average Bonchev–Trinajstić information content (AvgIpc) is 3.25. The van der Waals surface area contributed by atoms with E-state index in [1.807, 2.05) is 53.9 Å². The molecule has 1 atom stereocenters. The van der Waals surface area contributed by atoms with E-state index in [2.05, 4.69) is 22.0 Å². The Morgan fingerprint density at radius 1 is 1.14 bits per heavy atom. The number of benzene rings is 2. The molecule has 3 aromatic rings. The molecular weight excluding hydrogens is 482 g/mol. The summed E-state index contributed by atoms with van der Waals surface area (Å²) in [5, 5.41) is 1.83. The van der Waals surface area contributed by atoms with Crippen LogP contribution in [0.25, 0.3) is 10.9 Å². The van der Waals surface area contributed by atoms with Crippen molar-refractivity contribution in [1.82, 2.24) is 14.8 Å². The smallest absolute Gasteiger partial charge is 0.410 e. The SMILES string of the molecule is CCOC(=O)N1CCc2c([nH]c3ccc(Cl)cc23)C1c1ccc(OCCCN2CCSCC2)cc1. The first-order chi connectivity index (χ1) is 17.1. The Hall–Kier alpha value is -2.35. The van der Waals surface area contributed by atoms with Gasteiger partial charge in [0.2, 0.25) is 0 Å². The maximum absolute atomic E-state index is 12.9. The third-order valence-corrected chi connectivity index (χ3v) is 7.96. The van der Waals surface area contributed by atoms with Crippen LogP contribution in [0.5, 0.6) is 5.75 Å². The highest BCUT2D eigenvalue weighted by atomic mass is 35.5. The van der Waals surface area contributed by atoms with Crippen molar-refractivity contribution in [3.05, 3.63) is 64.3 Å². The lowest BCUT2D eigenvalue weighted by Gasteiger charge is -2.35. The molecule has 1 amide bonds. The molecule has 2 aliphatic heterocycles. The summed E-state index contributed by atoms with van der Waals surface area (Å²) < 4.78 is 11.4. The molecule has 35 heavy (non-hydrogen) atoms. The van der Waals surface area contributed by atoms with E-state index in [0.717, 1.165) is 47.3 Å². The maximum Gasteiger partial charge on any atom is 0.410 e. The molecule has 1 saturated heterocycles. The number of H-pyrrole nitrogens is 1. The standard InChI is InChI=1S/C27H32ClN3O3S/c1-2-33-27(32)31-12-10-22-23-18-20(28)6-9-24(23)29-25(22)26(31)19-4-7-21(8-5-19)34-15-3-11-30-13-16-35-17-14-30/h4-9,18,26,29H,2-3,10-17H2,1H3. The van der Waals surface area contributed by atoms with E-state index in [9.17, 15) is 4.79 Å². The summed E-state index contributed by atoms with van der Waals surface area (Å²) in [4.78, 5) is 20.8. The van der Waals surface area contributed by atoms with Gasteiger partial charge in [0, 0.05) is 59.3 Å². The third-order valence-electron chi connectivity index (χ3n) is 6.78. The van der Waals surface area contributed by atoms with Crippen LogP contribution >= 0.6 is 23.4 Å². The van der Waals surface area contributed by atoms with Crippen molar-refractivity contribution in [2.24, 2.45) is 0 Å². The maximum atomic E-state index is 12.9. The summed E-state index contributed by atoms with van der Waals surface area (Å²) >= 11 is 8.33. The van der Waals surface area contributed by atoms with Crippen molar-refractivity contribution in [1.29, 1.82) is 0 Å². The van der Waals surface area contributed by atoms with Gasteiger partial charge in [0.05, 0.1) is 13.2 Å². The fraction of sp³-hybridized carbons (Fsp3) is 0.444. The molecule has 1 aromatic heterocycles. The zero-order valence-corrected chi connectivity index (χ0v) is 21.7. The van der Waals surface area contributed by atoms with E-state index in [0.29, 0.717) is 24.8 Å². The van der Waals surface area contributed by atoms with Crippen LogP contribution in [0.4, 0.5) is 4.79 Å². The Morgan fingerprint density at radius 2 is 1.94 bits per heavy atom. The Kier molecular flexibility index (Phi) is 7.75. The number of carbonyl (C=O) groups excluding carboxylic acids is 1. The number of thioether (sulfide) groups is 1. The summed E-state index contributed by atoms with van der Waals surface area (Å²) in [6.45, 7) is 6.92. The van der Waals surface area contributed by atoms with Gasteiger partial charge in [-0.2, -0.15) is 11.8 Å². The number of hydrogen-bond acceptors (Lipinski definition) is 5. The number of aromatic amines is 1. The highest BCUT2D eigenvalue weighted by Crippen LogP contribution is 2.39. The second-order valence-corrected chi connectivity index (χ2v) is 10.6. The zero-order chi connectivity index (χ0) is 24.2. The summed E-state index contributed by atoms with van der Waals surface area (Å²) in [5.74, 6) is 3.32.